The summed E-state index contributed by atoms with van der Waals surface area (Å²) in [6.07, 6.45) is 2.09. The third-order valence-electron chi connectivity index (χ3n) is 5.57. The van der Waals surface area contributed by atoms with Crippen LogP contribution in [0.1, 0.15) is 12.8 Å². The zero-order valence-electron chi connectivity index (χ0n) is 15.1. The fraction of sp³-hybridized carbons (Fsp3) is 0.632. The number of nitrogens with zero attached hydrogens (tertiary/aromatic N) is 3. The lowest BCUT2D eigenvalue weighted by atomic mass is 9.95. The molecule has 1 aromatic carbocycles. The van der Waals surface area contributed by atoms with E-state index in [1.165, 1.54) is 9.26 Å². The summed E-state index contributed by atoms with van der Waals surface area (Å²) < 4.78 is 1.23. The van der Waals surface area contributed by atoms with Gasteiger partial charge >= 0.3 is 5.97 Å². The molecule has 6 nitrogen and oxygen atoms in total. The van der Waals surface area contributed by atoms with Crippen molar-refractivity contribution in [3.63, 3.8) is 0 Å². The molecule has 2 heterocycles. The number of rotatable bonds is 6. The molecule has 0 amide bonds. The molecule has 144 valence electrons. The molecule has 2 saturated heterocycles. The molecule has 2 fully saturated rings. The predicted octanol–water partition coefficient (Wildman–Crippen LogP) is 1.57. The van der Waals surface area contributed by atoms with Crippen molar-refractivity contribution in [2.24, 2.45) is 5.92 Å². The van der Waals surface area contributed by atoms with Gasteiger partial charge < -0.3 is 15.1 Å². The van der Waals surface area contributed by atoms with E-state index in [0.717, 1.165) is 52.1 Å². The first kappa shape index (κ1) is 19.9. The number of aliphatic hydroxyl groups excluding tert-OH is 1. The van der Waals surface area contributed by atoms with Crippen LogP contribution in [0.25, 0.3) is 0 Å². The van der Waals surface area contributed by atoms with E-state index in [0.29, 0.717) is 5.92 Å². The van der Waals surface area contributed by atoms with Gasteiger partial charge in [0.25, 0.3) is 0 Å². The van der Waals surface area contributed by atoms with Crippen LogP contribution in [0.4, 0.5) is 5.69 Å². The minimum atomic E-state index is -0.740. The summed E-state index contributed by atoms with van der Waals surface area (Å²) in [6, 6.07) is 8.73. The van der Waals surface area contributed by atoms with Crippen LogP contribution in [-0.2, 0) is 4.79 Å². The Morgan fingerprint density at radius 2 is 1.81 bits per heavy atom. The van der Waals surface area contributed by atoms with E-state index in [1.807, 2.05) is 4.90 Å². The van der Waals surface area contributed by atoms with Gasteiger partial charge in [0, 0.05) is 35.4 Å². The summed E-state index contributed by atoms with van der Waals surface area (Å²) >= 11 is 2.32. The van der Waals surface area contributed by atoms with E-state index in [1.54, 1.807) is 0 Å². The number of halogens is 1. The number of hydrogen-bond donors (Lipinski definition) is 2. The van der Waals surface area contributed by atoms with Gasteiger partial charge in [0.05, 0.1) is 19.2 Å². The second-order valence-electron chi connectivity index (χ2n) is 7.37. The summed E-state index contributed by atoms with van der Waals surface area (Å²) in [4.78, 5) is 17.7. The van der Waals surface area contributed by atoms with E-state index in [-0.39, 0.29) is 19.2 Å². The van der Waals surface area contributed by atoms with E-state index in [2.05, 4.69) is 56.7 Å². The molecule has 2 aliphatic rings. The van der Waals surface area contributed by atoms with Crippen LogP contribution >= 0.6 is 22.6 Å². The van der Waals surface area contributed by atoms with Crippen LogP contribution < -0.4 is 4.90 Å². The highest BCUT2D eigenvalue weighted by Crippen LogP contribution is 2.24. The Bertz CT molecular complexity index is 590. The Hall–Kier alpha value is -0.900. The number of carbonyl (C=O) groups is 1. The highest BCUT2D eigenvalue weighted by Gasteiger charge is 2.30. The maximum Gasteiger partial charge on any atom is 0.317 e. The Kier molecular flexibility index (Phi) is 7.13. The van der Waals surface area contributed by atoms with Gasteiger partial charge in [0.2, 0.25) is 0 Å². The van der Waals surface area contributed by atoms with Crippen LogP contribution in [0, 0.1) is 9.49 Å². The molecule has 0 radical (unpaired) electrons. The van der Waals surface area contributed by atoms with Crippen molar-refractivity contribution in [1.82, 2.24) is 9.80 Å². The highest BCUT2D eigenvalue weighted by atomic mass is 127. The van der Waals surface area contributed by atoms with Gasteiger partial charge in [-0.05, 0) is 78.7 Å². The normalized spacial score (nSPS) is 23.3. The fourth-order valence-corrected chi connectivity index (χ4v) is 4.40. The third-order valence-corrected chi connectivity index (χ3v) is 6.29. The standard InChI is InChI=1S/C19H28IN3O3/c20-16-1-3-17(4-2-16)23-10-9-22(18(12-23)14-24)11-15-5-7-21(8-6-15)13-19(25)26/h1-4,15,18,24H,5-14H2,(H,25,26). The van der Waals surface area contributed by atoms with Crippen LogP contribution in [0.5, 0.6) is 0 Å². The molecule has 0 saturated carbocycles. The second-order valence-corrected chi connectivity index (χ2v) is 8.61. The van der Waals surface area contributed by atoms with Gasteiger partial charge in [-0.25, -0.2) is 0 Å². The van der Waals surface area contributed by atoms with Crippen molar-refractivity contribution in [3.05, 3.63) is 27.8 Å². The van der Waals surface area contributed by atoms with Crippen molar-refractivity contribution < 1.29 is 15.0 Å². The molecular weight excluding hydrogens is 445 g/mol. The summed E-state index contributed by atoms with van der Waals surface area (Å²) in [6.45, 7) is 5.87. The first-order valence-electron chi connectivity index (χ1n) is 9.34. The average Bonchev–Trinajstić information content (AvgIpc) is 2.64. The molecule has 0 bridgehead atoms. The number of anilines is 1. The van der Waals surface area contributed by atoms with E-state index < -0.39 is 5.97 Å². The molecule has 0 aliphatic carbocycles. The number of piperidine rings is 1. The number of aliphatic carboxylic acids is 1. The van der Waals surface area contributed by atoms with E-state index >= 15 is 0 Å². The first-order chi connectivity index (χ1) is 12.5. The second kappa shape index (κ2) is 9.34. The van der Waals surface area contributed by atoms with Crippen LogP contribution in [-0.4, -0.2) is 84.4 Å². The topological polar surface area (TPSA) is 67.2 Å². The smallest absolute Gasteiger partial charge is 0.317 e. The maximum atomic E-state index is 10.8. The molecular formula is C19H28IN3O3. The van der Waals surface area contributed by atoms with Crippen molar-refractivity contribution in [3.8, 4) is 0 Å². The highest BCUT2D eigenvalue weighted by molar-refractivity contribution is 14.1. The SMILES string of the molecule is O=C(O)CN1CCC(CN2CCN(c3ccc(I)cc3)CC2CO)CC1. The zero-order valence-corrected chi connectivity index (χ0v) is 17.2. The van der Waals surface area contributed by atoms with Gasteiger partial charge in [-0.3, -0.25) is 14.6 Å². The van der Waals surface area contributed by atoms with Crippen molar-refractivity contribution >= 4 is 34.2 Å². The summed E-state index contributed by atoms with van der Waals surface area (Å²) in [5.41, 5.74) is 1.23. The van der Waals surface area contributed by atoms with Crippen LogP contribution in [0.2, 0.25) is 0 Å². The summed E-state index contributed by atoms with van der Waals surface area (Å²) in [5, 5.41) is 18.8. The Morgan fingerprint density at radius 1 is 1.12 bits per heavy atom. The summed E-state index contributed by atoms with van der Waals surface area (Å²) in [5.74, 6) is -0.144. The van der Waals surface area contributed by atoms with E-state index in [4.69, 9.17) is 5.11 Å². The number of benzene rings is 1. The Labute approximate surface area is 168 Å². The quantitative estimate of drug-likeness (QED) is 0.612. The maximum absolute atomic E-state index is 10.8. The number of carboxylic acid groups (broad SMARTS) is 1. The number of likely N-dealkylation sites (tertiary alicyclic amines) is 1. The van der Waals surface area contributed by atoms with Crippen molar-refractivity contribution in [2.45, 2.75) is 18.9 Å². The molecule has 1 aromatic rings. The van der Waals surface area contributed by atoms with Gasteiger partial charge in [0.15, 0.2) is 0 Å². The molecule has 7 heteroatoms. The van der Waals surface area contributed by atoms with Crippen molar-refractivity contribution in [2.75, 3.05) is 57.3 Å². The third kappa shape index (κ3) is 5.31. The molecule has 2 aliphatic heterocycles. The number of piperazine rings is 1. The first-order valence-corrected chi connectivity index (χ1v) is 10.4. The van der Waals surface area contributed by atoms with E-state index in [9.17, 15) is 9.90 Å². The Morgan fingerprint density at radius 3 is 2.42 bits per heavy atom. The fourth-order valence-electron chi connectivity index (χ4n) is 4.04. The largest absolute Gasteiger partial charge is 0.480 e. The van der Waals surface area contributed by atoms with Crippen molar-refractivity contribution in [1.29, 1.82) is 0 Å². The number of aliphatic hydroxyl groups is 1. The van der Waals surface area contributed by atoms with Crippen LogP contribution in [0.3, 0.4) is 0 Å². The molecule has 1 atom stereocenters. The van der Waals surface area contributed by atoms with Gasteiger partial charge in [0.1, 0.15) is 0 Å². The molecule has 2 N–H and O–H groups in total. The van der Waals surface area contributed by atoms with Crippen LogP contribution in [0.15, 0.2) is 24.3 Å². The predicted molar refractivity (Wildman–Crippen MR) is 111 cm³/mol. The molecule has 1 unspecified atom stereocenters. The lowest BCUT2D eigenvalue weighted by Gasteiger charge is -2.44. The zero-order chi connectivity index (χ0) is 18.5. The minimum absolute atomic E-state index is 0.153. The lowest BCUT2D eigenvalue weighted by Crippen LogP contribution is -2.56. The van der Waals surface area contributed by atoms with Gasteiger partial charge in [-0.1, -0.05) is 0 Å². The molecule has 0 aromatic heterocycles. The number of hydrogen-bond acceptors (Lipinski definition) is 5. The van der Waals surface area contributed by atoms with Gasteiger partial charge in [-0.2, -0.15) is 0 Å². The minimum Gasteiger partial charge on any atom is -0.480 e. The lowest BCUT2D eigenvalue weighted by molar-refractivity contribution is -0.138. The average molecular weight is 473 g/mol. The number of carboxylic acids is 1. The Balaban J connectivity index is 1.50. The summed E-state index contributed by atoms with van der Waals surface area (Å²) in [7, 11) is 0. The van der Waals surface area contributed by atoms with Gasteiger partial charge in [-0.15, -0.1) is 0 Å². The monoisotopic (exact) mass is 473 g/mol. The molecule has 0 spiro atoms. The molecule has 26 heavy (non-hydrogen) atoms. The molecule has 3 rings (SSSR count).